The number of nitrogens with zero attached hydrogens (tertiary/aromatic N) is 1. The number of ether oxygens (including phenoxy) is 2. The van der Waals surface area contributed by atoms with Gasteiger partial charge in [0.25, 0.3) is 0 Å². The normalized spacial score (nSPS) is 16.1. The van der Waals surface area contributed by atoms with Crippen molar-refractivity contribution in [2.24, 2.45) is 4.99 Å². The molecule has 2 rings (SSSR count). The van der Waals surface area contributed by atoms with Gasteiger partial charge in [-0.3, -0.25) is 4.99 Å². The van der Waals surface area contributed by atoms with Crippen molar-refractivity contribution in [3.63, 3.8) is 0 Å². The van der Waals surface area contributed by atoms with Crippen LogP contribution in [0.1, 0.15) is 37.8 Å². The van der Waals surface area contributed by atoms with Gasteiger partial charge in [-0.15, -0.1) is 24.0 Å². The number of halogens is 1. The number of methoxy groups -OCH3 is 2. The van der Waals surface area contributed by atoms with Gasteiger partial charge >= 0.3 is 0 Å². The van der Waals surface area contributed by atoms with Gasteiger partial charge < -0.3 is 20.1 Å². The summed E-state index contributed by atoms with van der Waals surface area (Å²) in [7, 11) is 5.14. The van der Waals surface area contributed by atoms with Crippen LogP contribution in [0, 0.1) is 0 Å². The van der Waals surface area contributed by atoms with Crippen molar-refractivity contribution in [2.45, 2.75) is 38.3 Å². The molecule has 1 unspecified atom stereocenters. The number of aliphatic imine (C=N–C) groups is 1. The average molecular weight is 419 g/mol. The molecule has 0 saturated heterocycles. The topological polar surface area (TPSA) is 54.9 Å². The Balaban J connectivity index is 0.00000242. The minimum atomic E-state index is 0. The first-order chi connectivity index (χ1) is 10.2. The summed E-state index contributed by atoms with van der Waals surface area (Å²) in [5, 5.41) is 6.85. The lowest BCUT2D eigenvalue weighted by molar-refractivity contribution is 0.376. The van der Waals surface area contributed by atoms with E-state index < -0.39 is 0 Å². The zero-order chi connectivity index (χ0) is 15.2. The molecule has 0 aromatic heterocycles. The van der Waals surface area contributed by atoms with Crippen LogP contribution in [0.3, 0.4) is 0 Å². The summed E-state index contributed by atoms with van der Waals surface area (Å²) in [5.41, 5.74) is 1.05. The fourth-order valence-electron chi connectivity index (χ4n) is 2.38. The van der Waals surface area contributed by atoms with E-state index in [0.717, 1.165) is 23.0 Å². The van der Waals surface area contributed by atoms with E-state index >= 15 is 0 Å². The predicted octanol–water partition coefficient (Wildman–Crippen LogP) is 3.10. The minimum Gasteiger partial charge on any atom is -0.497 e. The maximum absolute atomic E-state index is 5.44. The standard InChI is InChI=1S/C16H25N3O2.HI/c1-11(18-16(17-2)19-12-6-5-7-12)14-10-13(20-3)8-9-15(14)21-4;/h8-12H,5-7H2,1-4H3,(H2,17,18,19);1H. The van der Waals surface area contributed by atoms with E-state index in [9.17, 15) is 0 Å². The molecule has 0 aliphatic heterocycles. The van der Waals surface area contributed by atoms with Gasteiger partial charge in [-0.1, -0.05) is 0 Å². The van der Waals surface area contributed by atoms with Gasteiger partial charge in [0.2, 0.25) is 0 Å². The van der Waals surface area contributed by atoms with Gasteiger partial charge in [-0.25, -0.2) is 0 Å². The van der Waals surface area contributed by atoms with E-state index in [2.05, 4.69) is 22.5 Å². The third-order valence-corrected chi connectivity index (χ3v) is 3.93. The van der Waals surface area contributed by atoms with Crippen molar-refractivity contribution in [1.82, 2.24) is 10.6 Å². The summed E-state index contributed by atoms with van der Waals surface area (Å²) in [6, 6.07) is 6.44. The molecule has 22 heavy (non-hydrogen) atoms. The fraction of sp³-hybridized carbons (Fsp3) is 0.562. The van der Waals surface area contributed by atoms with Gasteiger partial charge in [-0.05, 0) is 44.4 Å². The molecule has 6 heteroatoms. The van der Waals surface area contributed by atoms with E-state index in [1.165, 1.54) is 19.3 Å². The van der Waals surface area contributed by atoms with Crippen LogP contribution < -0.4 is 20.1 Å². The molecule has 1 atom stereocenters. The number of guanidine groups is 1. The van der Waals surface area contributed by atoms with Gasteiger partial charge in [-0.2, -0.15) is 0 Å². The molecule has 1 aromatic carbocycles. The van der Waals surface area contributed by atoms with E-state index in [4.69, 9.17) is 9.47 Å². The molecule has 1 aliphatic rings. The highest BCUT2D eigenvalue weighted by molar-refractivity contribution is 14.0. The SMILES string of the molecule is CN=C(NC1CCC1)NC(C)c1cc(OC)ccc1OC.I. The Morgan fingerprint density at radius 1 is 1.27 bits per heavy atom. The second-order valence-electron chi connectivity index (χ2n) is 5.32. The Hall–Kier alpha value is -1.18. The van der Waals surface area contributed by atoms with Crippen molar-refractivity contribution in [1.29, 1.82) is 0 Å². The average Bonchev–Trinajstić information content (AvgIpc) is 2.48. The highest BCUT2D eigenvalue weighted by atomic mass is 127. The maximum Gasteiger partial charge on any atom is 0.191 e. The van der Waals surface area contributed by atoms with Crippen LogP contribution in [0.15, 0.2) is 23.2 Å². The zero-order valence-corrected chi connectivity index (χ0v) is 16.0. The summed E-state index contributed by atoms with van der Waals surface area (Å²) in [6.07, 6.45) is 3.74. The molecule has 1 aliphatic carbocycles. The molecule has 2 N–H and O–H groups in total. The van der Waals surface area contributed by atoms with Crippen molar-refractivity contribution < 1.29 is 9.47 Å². The largest absolute Gasteiger partial charge is 0.497 e. The third-order valence-electron chi connectivity index (χ3n) is 3.93. The van der Waals surface area contributed by atoms with Gasteiger partial charge in [0, 0.05) is 18.7 Å². The molecule has 1 fully saturated rings. The maximum atomic E-state index is 5.44. The minimum absolute atomic E-state index is 0. The molecular formula is C16H26IN3O2. The molecule has 5 nitrogen and oxygen atoms in total. The first-order valence-corrected chi connectivity index (χ1v) is 7.39. The Bertz CT molecular complexity index is 504. The lowest BCUT2D eigenvalue weighted by Gasteiger charge is -2.29. The second-order valence-corrected chi connectivity index (χ2v) is 5.32. The molecule has 124 valence electrons. The first-order valence-electron chi connectivity index (χ1n) is 7.39. The number of hydrogen-bond donors (Lipinski definition) is 2. The Morgan fingerprint density at radius 3 is 2.50 bits per heavy atom. The predicted molar refractivity (Wildman–Crippen MR) is 101 cm³/mol. The molecule has 1 saturated carbocycles. The van der Waals surface area contributed by atoms with Gasteiger partial charge in [0.05, 0.1) is 20.3 Å². The van der Waals surface area contributed by atoms with Crippen LogP contribution >= 0.6 is 24.0 Å². The fourth-order valence-corrected chi connectivity index (χ4v) is 2.38. The van der Waals surface area contributed by atoms with Crippen molar-refractivity contribution >= 4 is 29.9 Å². The number of rotatable bonds is 5. The molecule has 0 bridgehead atoms. The highest BCUT2D eigenvalue weighted by Crippen LogP contribution is 2.29. The van der Waals surface area contributed by atoms with Gasteiger partial charge in [0.1, 0.15) is 11.5 Å². The molecule has 1 aromatic rings. The number of hydrogen-bond acceptors (Lipinski definition) is 3. The summed E-state index contributed by atoms with van der Waals surface area (Å²) < 4.78 is 10.7. The Morgan fingerprint density at radius 2 is 2.00 bits per heavy atom. The molecule has 0 radical (unpaired) electrons. The summed E-state index contributed by atoms with van der Waals surface area (Å²) in [4.78, 5) is 4.30. The molecule has 0 spiro atoms. The smallest absolute Gasteiger partial charge is 0.191 e. The molecule has 0 heterocycles. The van der Waals surface area contributed by atoms with E-state index in [1.807, 2.05) is 18.2 Å². The molecule has 0 amide bonds. The first kappa shape index (κ1) is 18.9. The van der Waals surface area contributed by atoms with Crippen molar-refractivity contribution in [2.75, 3.05) is 21.3 Å². The second kappa shape index (κ2) is 9.07. The van der Waals surface area contributed by atoms with E-state index in [1.54, 1.807) is 21.3 Å². The van der Waals surface area contributed by atoms with Crippen LogP contribution in [0.5, 0.6) is 11.5 Å². The van der Waals surface area contributed by atoms with Crippen LogP contribution in [0.2, 0.25) is 0 Å². The van der Waals surface area contributed by atoms with Crippen LogP contribution in [-0.2, 0) is 0 Å². The zero-order valence-electron chi connectivity index (χ0n) is 13.7. The van der Waals surface area contributed by atoms with Crippen LogP contribution in [-0.4, -0.2) is 33.3 Å². The number of nitrogens with one attached hydrogen (secondary N) is 2. The highest BCUT2D eigenvalue weighted by Gasteiger charge is 2.20. The lowest BCUT2D eigenvalue weighted by atomic mass is 9.93. The van der Waals surface area contributed by atoms with E-state index in [-0.39, 0.29) is 30.0 Å². The third kappa shape index (κ3) is 4.66. The Kier molecular flexibility index (Phi) is 7.78. The monoisotopic (exact) mass is 419 g/mol. The molecular weight excluding hydrogens is 393 g/mol. The lowest BCUT2D eigenvalue weighted by Crippen LogP contribution is -2.46. The Labute approximate surface area is 149 Å². The van der Waals surface area contributed by atoms with Gasteiger partial charge in [0.15, 0.2) is 5.96 Å². The quantitative estimate of drug-likeness (QED) is 0.438. The van der Waals surface area contributed by atoms with Crippen LogP contribution in [0.25, 0.3) is 0 Å². The number of benzene rings is 1. The summed E-state index contributed by atoms with van der Waals surface area (Å²) in [6.45, 7) is 2.09. The van der Waals surface area contributed by atoms with Crippen molar-refractivity contribution in [3.8, 4) is 11.5 Å². The summed E-state index contributed by atoms with van der Waals surface area (Å²) in [5.74, 6) is 2.49. The van der Waals surface area contributed by atoms with Crippen LogP contribution in [0.4, 0.5) is 0 Å². The summed E-state index contributed by atoms with van der Waals surface area (Å²) >= 11 is 0. The van der Waals surface area contributed by atoms with E-state index in [0.29, 0.717) is 6.04 Å². The van der Waals surface area contributed by atoms with Crippen molar-refractivity contribution in [3.05, 3.63) is 23.8 Å².